The Hall–Kier alpha value is -2.18. The maximum Gasteiger partial charge on any atom is 0.174 e. The Morgan fingerprint density at radius 3 is 2.79 bits per heavy atom. The van der Waals surface area contributed by atoms with Crippen molar-refractivity contribution in [3.63, 3.8) is 0 Å². The molecule has 0 aliphatic rings. The van der Waals surface area contributed by atoms with Gasteiger partial charge in [0, 0.05) is 37.8 Å². The highest BCUT2D eigenvalue weighted by molar-refractivity contribution is 7.80. The van der Waals surface area contributed by atoms with E-state index in [4.69, 9.17) is 21.7 Å². The summed E-state index contributed by atoms with van der Waals surface area (Å²) in [6.45, 7) is 3.37. The number of benzene rings is 1. The minimum atomic E-state index is 0.0828. The molecule has 5 nitrogen and oxygen atoms in total. The first-order valence-electron chi connectivity index (χ1n) is 7.76. The van der Waals surface area contributed by atoms with Gasteiger partial charge in [-0.1, -0.05) is 12.1 Å². The van der Waals surface area contributed by atoms with Crippen LogP contribution in [0.1, 0.15) is 18.5 Å². The number of nitrogens with one attached hydrogen (secondary N) is 1. The molecule has 0 radical (unpaired) electrons. The molecule has 0 fully saturated rings. The summed E-state index contributed by atoms with van der Waals surface area (Å²) in [4.78, 5) is 6.29. The quantitative estimate of drug-likeness (QED) is 0.775. The van der Waals surface area contributed by atoms with E-state index in [1.165, 1.54) is 0 Å². The lowest BCUT2D eigenvalue weighted by Gasteiger charge is -2.32. The lowest BCUT2D eigenvalue weighted by molar-refractivity contribution is 0.165. The Kier molecular flexibility index (Phi) is 6.96. The van der Waals surface area contributed by atoms with Crippen LogP contribution >= 0.6 is 12.2 Å². The largest absolute Gasteiger partial charge is 0.497 e. The third-order valence-electron chi connectivity index (χ3n) is 3.75. The molecule has 0 aliphatic carbocycles. The van der Waals surface area contributed by atoms with E-state index in [1.807, 2.05) is 42.6 Å². The summed E-state index contributed by atoms with van der Waals surface area (Å²) >= 11 is 5.62. The summed E-state index contributed by atoms with van der Waals surface area (Å²) in [6.07, 6.45) is 3.63. The second-order valence-electron chi connectivity index (χ2n) is 5.31. The van der Waals surface area contributed by atoms with Crippen LogP contribution in [0.25, 0.3) is 0 Å². The van der Waals surface area contributed by atoms with Gasteiger partial charge in [0.15, 0.2) is 5.11 Å². The SMILES string of the molecule is COCCN(C(=S)Nc1cccc(OC)c1)[C@H](C)c1cccnc1. The summed E-state index contributed by atoms with van der Waals surface area (Å²) in [5, 5.41) is 3.91. The molecule has 0 saturated carbocycles. The zero-order chi connectivity index (χ0) is 17.4. The van der Waals surface area contributed by atoms with Crippen molar-refractivity contribution in [2.75, 3.05) is 32.7 Å². The highest BCUT2D eigenvalue weighted by Gasteiger charge is 2.19. The molecular formula is C18H23N3O2S. The summed E-state index contributed by atoms with van der Waals surface area (Å²) in [5.41, 5.74) is 1.99. The number of aromatic nitrogens is 1. The number of nitrogens with zero attached hydrogens (tertiary/aromatic N) is 2. The highest BCUT2D eigenvalue weighted by Crippen LogP contribution is 2.22. The van der Waals surface area contributed by atoms with E-state index in [1.54, 1.807) is 20.4 Å². The van der Waals surface area contributed by atoms with Crippen LogP contribution in [0.5, 0.6) is 5.75 Å². The van der Waals surface area contributed by atoms with Crippen LogP contribution < -0.4 is 10.1 Å². The molecule has 0 spiro atoms. The second-order valence-corrected chi connectivity index (χ2v) is 5.70. The third kappa shape index (κ3) is 4.91. The van der Waals surface area contributed by atoms with Gasteiger partial charge in [-0.05, 0) is 42.9 Å². The standard InChI is InChI=1S/C18H23N3O2S/c1-14(15-6-5-9-19-13-15)21(10-11-22-2)18(24)20-16-7-4-8-17(12-16)23-3/h4-9,12-14H,10-11H2,1-3H3,(H,20,24)/t14-/m1/s1. The molecule has 2 rings (SSSR count). The second kappa shape index (κ2) is 9.20. The van der Waals surface area contributed by atoms with Crippen LogP contribution in [0.2, 0.25) is 0 Å². The third-order valence-corrected chi connectivity index (χ3v) is 4.09. The maximum absolute atomic E-state index is 5.62. The lowest BCUT2D eigenvalue weighted by Crippen LogP contribution is -2.39. The fourth-order valence-electron chi connectivity index (χ4n) is 2.36. The van der Waals surface area contributed by atoms with E-state index in [9.17, 15) is 0 Å². The fraction of sp³-hybridized carbons (Fsp3) is 0.333. The van der Waals surface area contributed by atoms with Gasteiger partial charge in [0.05, 0.1) is 19.8 Å². The Bertz CT molecular complexity index is 652. The van der Waals surface area contributed by atoms with Crippen molar-refractivity contribution in [2.24, 2.45) is 0 Å². The molecule has 6 heteroatoms. The van der Waals surface area contributed by atoms with E-state index in [-0.39, 0.29) is 6.04 Å². The van der Waals surface area contributed by atoms with Gasteiger partial charge in [0.2, 0.25) is 0 Å². The number of ether oxygens (including phenoxy) is 2. The molecule has 2 aromatic rings. The number of methoxy groups -OCH3 is 2. The Morgan fingerprint density at radius 2 is 2.12 bits per heavy atom. The van der Waals surface area contributed by atoms with Gasteiger partial charge in [0.1, 0.15) is 5.75 Å². The molecule has 1 atom stereocenters. The summed E-state index contributed by atoms with van der Waals surface area (Å²) in [5.74, 6) is 0.784. The number of hydrogen-bond acceptors (Lipinski definition) is 4. The lowest BCUT2D eigenvalue weighted by atomic mass is 10.1. The van der Waals surface area contributed by atoms with Gasteiger partial charge in [-0.25, -0.2) is 0 Å². The average molecular weight is 345 g/mol. The van der Waals surface area contributed by atoms with Crippen LogP contribution in [0.3, 0.4) is 0 Å². The molecule has 1 aromatic heterocycles. The van der Waals surface area contributed by atoms with E-state index >= 15 is 0 Å². The minimum absolute atomic E-state index is 0.0828. The monoisotopic (exact) mass is 345 g/mol. The van der Waals surface area contributed by atoms with Crippen LogP contribution in [0.15, 0.2) is 48.8 Å². The highest BCUT2D eigenvalue weighted by atomic mass is 32.1. The Labute approximate surface area is 148 Å². The van der Waals surface area contributed by atoms with Gasteiger partial charge in [-0.3, -0.25) is 4.98 Å². The molecule has 0 saturated heterocycles. The minimum Gasteiger partial charge on any atom is -0.497 e. The van der Waals surface area contributed by atoms with Crippen molar-refractivity contribution in [2.45, 2.75) is 13.0 Å². The normalized spacial score (nSPS) is 11.6. The molecule has 1 aromatic carbocycles. The van der Waals surface area contributed by atoms with Crippen LogP contribution in [0.4, 0.5) is 5.69 Å². The van der Waals surface area contributed by atoms with Crippen LogP contribution in [0, 0.1) is 0 Å². The van der Waals surface area contributed by atoms with Gasteiger partial charge in [0.25, 0.3) is 0 Å². The van der Waals surface area contributed by atoms with Crippen molar-refractivity contribution in [3.8, 4) is 5.75 Å². The number of anilines is 1. The average Bonchev–Trinajstić information content (AvgIpc) is 2.62. The van der Waals surface area contributed by atoms with Gasteiger partial charge in [-0.2, -0.15) is 0 Å². The summed E-state index contributed by atoms with van der Waals surface area (Å²) < 4.78 is 10.5. The van der Waals surface area contributed by atoms with Gasteiger partial charge < -0.3 is 19.7 Å². The van der Waals surface area contributed by atoms with Crippen molar-refractivity contribution in [3.05, 3.63) is 54.4 Å². The predicted octanol–water partition coefficient (Wildman–Crippen LogP) is 3.50. The zero-order valence-electron chi connectivity index (χ0n) is 14.2. The fourth-order valence-corrected chi connectivity index (χ4v) is 2.73. The van der Waals surface area contributed by atoms with Crippen molar-refractivity contribution < 1.29 is 9.47 Å². The topological polar surface area (TPSA) is 46.6 Å². The molecule has 0 unspecified atom stereocenters. The summed E-state index contributed by atoms with van der Waals surface area (Å²) in [6, 6.07) is 11.8. The van der Waals surface area contributed by atoms with Gasteiger partial charge >= 0.3 is 0 Å². The van der Waals surface area contributed by atoms with Crippen molar-refractivity contribution in [1.29, 1.82) is 0 Å². The van der Waals surface area contributed by atoms with Gasteiger partial charge in [-0.15, -0.1) is 0 Å². The first-order chi connectivity index (χ1) is 11.7. The molecule has 128 valence electrons. The number of hydrogen-bond donors (Lipinski definition) is 1. The molecule has 1 N–H and O–H groups in total. The molecule has 24 heavy (non-hydrogen) atoms. The van der Waals surface area contributed by atoms with Crippen LogP contribution in [-0.2, 0) is 4.74 Å². The van der Waals surface area contributed by atoms with E-state index in [0.717, 1.165) is 17.0 Å². The van der Waals surface area contributed by atoms with E-state index < -0.39 is 0 Å². The first kappa shape index (κ1) is 18.2. The number of rotatable bonds is 7. The first-order valence-corrected chi connectivity index (χ1v) is 8.17. The number of pyridine rings is 1. The summed E-state index contributed by atoms with van der Waals surface area (Å²) in [7, 11) is 3.33. The van der Waals surface area contributed by atoms with E-state index in [2.05, 4.69) is 22.1 Å². The Morgan fingerprint density at radius 1 is 1.29 bits per heavy atom. The smallest absolute Gasteiger partial charge is 0.174 e. The molecule has 0 amide bonds. The van der Waals surface area contributed by atoms with Crippen LogP contribution in [-0.4, -0.2) is 42.4 Å². The zero-order valence-corrected chi connectivity index (χ0v) is 15.0. The molecule has 0 aliphatic heterocycles. The Balaban J connectivity index is 2.15. The van der Waals surface area contributed by atoms with E-state index in [0.29, 0.717) is 18.3 Å². The van der Waals surface area contributed by atoms with Crippen molar-refractivity contribution >= 4 is 23.0 Å². The molecule has 1 heterocycles. The maximum atomic E-state index is 5.62. The predicted molar refractivity (Wildman–Crippen MR) is 100 cm³/mol. The molecule has 0 bridgehead atoms. The van der Waals surface area contributed by atoms with Crippen molar-refractivity contribution in [1.82, 2.24) is 9.88 Å². The number of thiocarbonyl (C=S) groups is 1. The molecular weight excluding hydrogens is 322 g/mol.